The Labute approximate surface area is 248 Å². The molecule has 2 heterocycles. The number of hydrogen-bond donors (Lipinski definition) is 3. The maximum Gasteiger partial charge on any atom is 0.408 e. The number of amides is 4. The quantitative estimate of drug-likeness (QED) is 0.358. The van der Waals surface area contributed by atoms with E-state index in [1.807, 2.05) is 27.7 Å². The fourth-order valence-electron chi connectivity index (χ4n) is 5.80. The molecule has 1 aliphatic heterocycles. The summed E-state index contributed by atoms with van der Waals surface area (Å²) in [7, 11) is 0. The zero-order chi connectivity index (χ0) is 31.6. The molecule has 11 heteroatoms. The molecule has 3 N–H and O–H groups in total. The molecular formula is C31H47N5O6. The fourth-order valence-corrected chi connectivity index (χ4v) is 5.80. The minimum absolute atomic E-state index is 0.100. The molecule has 0 bridgehead atoms. The number of rotatable bonds is 10. The van der Waals surface area contributed by atoms with Gasteiger partial charge in [-0.25, -0.2) is 4.79 Å². The zero-order valence-electron chi connectivity index (χ0n) is 26.4. The zero-order valence-corrected chi connectivity index (χ0v) is 26.4. The van der Waals surface area contributed by atoms with Gasteiger partial charge >= 0.3 is 6.09 Å². The Hall–Kier alpha value is -3.50. The lowest BCUT2D eigenvalue weighted by atomic mass is 9.85. The molecule has 2 aliphatic rings. The molecule has 1 aliphatic carbocycles. The predicted molar refractivity (Wildman–Crippen MR) is 157 cm³/mol. The number of nitrogens with zero attached hydrogens (tertiary/aromatic N) is 2. The van der Waals surface area contributed by atoms with E-state index in [1.165, 1.54) is 4.90 Å². The highest BCUT2D eigenvalue weighted by Crippen LogP contribution is 2.65. The lowest BCUT2D eigenvalue weighted by molar-refractivity contribution is -0.145. The lowest BCUT2D eigenvalue weighted by Gasteiger charge is -2.38. The summed E-state index contributed by atoms with van der Waals surface area (Å²) < 4.78 is 5.41. The summed E-state index contributed by atoms with van der Waals surface area (Å²) in [6, 6.07) is 0.650. The van der Waals surface area contributed by atoms with Gasteiger partial charge in [-0.2, -0.15) is 0 Å². The molecule has 232 valence electrons. The van der Waals surface area contributed by atoms with Crippen molar-refractivity contribution in [3.63, 3.8) is 0 Å². The summed E-state index contributed by atoms with van der Waals surface area (Å²) in [5.41, 5.74) is -0.799. The molecule has 1 aromatic rings. The molecule has 11 nitrogen and oxygen atoms in total. The van der Waals surface area contributed by atoms with Gasteiger partial charge < -0.3 is 25.6 Å². The van der Waals surface area contributed by atoms with Crippen LogP contribution in [-0.4, -0.2) is 69.8 Å². The molecule has 1 saturated heterocycles. The molecule has 1 aromatic heterocycles. The van der Waals surface area contributed by atoms with Crippen molar-refractivity contribution in [2.24, 2.45) is 22.7 Å². The Kier molecular flexibility index (Phi) is 9.74. The van der Waals surface area contributed by atoms with Crippen LogP contribution in [0.5, 0.6) is 0 Å². The van der Waals surface area contributed by atoms with Crippen LogP contribution in [0.2, 0.25) is 0 Å². The van der Waals surface area contributed by atoms with Gasteiger partial charge in [0.15, 0.2) is 0 Å². The average molecular weight is 586 g/mol. The van der Waals surface area contributed by atoms with Crippen LogP contribution < -0.4 is 16.0 Å². The van der Waals surface area contributed by atoms with Gasteiger partial charge in [-0.05, 0) is 67.6 Å². The number of pyridine rings is 1. The second-order valence-electron chi connectivity index (χ2n) is 14.1. The van der Waals surface area contributed by atoms with Crippen LogP contribution in [0.4, 0.5) is 4.79 Å². The summed E-state index contributed by atoms with van der Waals surface area (Å²) in [6.07, 6.45) is 3.31. The molecule has 1 unspecified atom stereocenters. The van der Waals surface area contributed by atoms with Gasteiger partial charge in [0.2, 0.25) is 17.6 Å². The van der Waals surface area contributed by atoms with E-state index >= 15 is 0 Å². The second kappa shape index (κ2) is 12.4. The Morgan fingerprint density at radius 2 is 1.67 bits per heavy atom. The fraction of sp³-hybridized carbons (Fsp3) is 0.677. The molecule has 5 atom stereocenters. The summed E-state index contributed by atoms with van der Waals surface area (Å²) in [5, 5.41) is 8.15. The smallest absolute Gasteiger partial charge is 0.408 e. The number of ketones is 1. The largest absolute Gasteiger partial charge is 0.444 e. The molecule has 0 spiro atoms. The first-order chi connectivity index (χ1) is 19.4. The topological polar surface area (TPSA) is 147 Å². The van der Waals surface area contributed by atoms with Crippen LogP contribution in [0.25, 0.3) is 0 Å². The Morgan fingerprint density at radius 3 is 2.21 bits per heavy atom. The molecule has 0 aromatic carbocycles. The van der Waals surface area contributed by atoms with Gasteiger partial charge in [0.05, 0.1) is 6.04 Å². The van der Waals surface area contributed by atoms with Crippen molar-refractivity contribution >= 4 is 29.6 Å². The standard InChI is InChI=1S/C31H47N5O6/c1-10-11-20(23(37)26(39)33-16-18-12-14-32-15-13-18)34-25(38)22-21-19(31(21,8)9)17-36(22)27(40)24(29(2,3)4)35-28(41)42-30(5,6)7/h12-15,19-22,24H,10-11,16-17H2,1-9H3,(H,33,39)(H,34,38)(H,35,41)/t19-,20?,21-,22-,24+/m0/s1. The van der Waals surface area contributed by atoms with Crippen LogP contribution in [0, 0.1) is 22.7 Å². The molecule has 42 heavy (non-hydrogen) atoms. The van der Waals surface area contributed by atoms with Gasteiger partial charge in [-0.3, -0.25) is 24.2 Å². The Morgan fingerprint density at radius 1 is 1.05 bits per heavy atom. The number of alkyl carbamates (subject to hydrolysis) is 1. The first-order valence-electron chi connectivity index (χ1n) is 14.7. The van der Waals surface area contributed by atoms with Crippen molar-refractivity contribution in [1.29, 1.82) is 0 Å². The molecule has 1 saturated carbocycles. The number of hydrogen-bond acceptors (Lipinski definition) is 7. The van der Waals surface area contributed by atoms with Crippen LogP contribution >= 0.6 is 0 Å². The number of piperidine rings is 1. The summed E-state index contributed by atoms with van der Waals surface area (Å²) >= 11 is 0. The number of aromatic nitrogens is 1. The molecule has 3 rings (SSSR count). The maximum absolute atomic E-state index is 14.0. The van der Waals surface area contributed by atoms with E-state index in [4.69, 9.17) is 4.74 Å². The molecular weight excluding hydrogens is 538 g/mol. The number of carbonyl (C=O) groups is 5. The SMILES string of the molecule is CCCC(NC(=O)[C@@H]1[C@@H]2[C@H](CN1C(=O)[C@@H](NC(=O)OC(C)(C)C)C(C)(C)C)C2(C)C)C(=O)C(=O)NCc1ccncc1. The first kappa shape index (κ1) is 33.0. The lowest BCUT2D eigenvalue weighted by Crippen LogP contribution is -2.60. The number of carbonyl (C=O) groups excluding carboxylic acids is 5. The van der Waals surface area contributed by atoms with E-state index in [0.717, 1.165) is 5.56 Å². The van der Waals surface area contributed by atoms with Crippen molar-refractivity contribution in [3.05, 3.63) is 30.1 Å². The highest BCUT2D eigenvalue weighted by atomic mass is 16.6. The van der Waals surface area contributed by atoms with Gasteiger partial charge in [0, 0.05) is 25.5 Å². The van der Waals surface area contributed by atoms with Gasteiger partial charge in [0.25, 0.3) is 5.91 Å². The molecule has 2 fully saturated rings. The van der Waals surface area contributed by atoms with Crippen LogP contribution in [0.15, 0.2) is 24.5 Å². The van der Waals surface area contributed by atoms with E-state index in [-0.39, 0.29) is 36.1 Å². The number of fused-ring (bicyclic) bond motifs is 1. The van der Waals surface area contributed by atoms with Crippen LogP contribution in [0.1, 0.15) is 80.7 Å². The number of Topliss-reactive ketones (excluding diaryl/α,β-unsaturated/α-hetero) is 1. The molecule has 4 amide bonds. The number of ether oxygens (including phenoxy) is 1. The maximum atomic E-state index is 14.0. The highest BCUT2D eigenvalue weighted by molar-refractivity contribution is 6.38. The van der Waals surface area contributed by atoms with E-state index in [9.17, 15) is 24.0 Å². The summed E-state index contributed by atoms with van der Waals surface area (Å²) in [5.74, 6) is -2.39. The third-order valence-electron chi connectivity index (χ3n) is 8.17. The minimum atomic E-state index is -1.03. The van der Waals surface area contributed by atoms with E-state index < -0.39 is 52.8 Å². The van der Waals surface area contributed by atoms with Crippen molar-refractivity contribution < 1.29 is 28.7 Å². The van der Waals surface area contributed by atoms with Gasteiger partial charge in [-0.15, -0.1) is 0 Å². The van der Waals surface area contributed by atoms with E-state index in [0.29, 0.717) is 13.0 Å². The average Bonchev–Trinajstić information content (AvgIpc) is 3.21. The van der Waals surface area contributed by atoms with Crippen molar-refractivity contribution in [2.75, 3.05) is 6.54 Å². The predicted octanol–water partition coefficient (Wildman–Crippen LogP) is 2.97. The van der Waals surface area contributed by atoms with Crippen LogP contribution in [0.3, 0.4) is 0 Å². The van der Waals surface area contributed by atoms with E-state index in [1.54, 1.807) is 45.3 Å². The molecule has 0 radical (unpaired) electrons. The summed E-state index contributed by atoms with van der Waals surface area (Å²) in [4.78, 5) is 71.9. The normalized spacial score (nSPS) is 22.3. The van der Waals surface area contributed by atoms with Crippen molar-refractivity contribution in [3.8, 4) is 0 Å². The number of likely N-dealkylation sites (tertiary alicyclic amines) is 1. The monoisotopic (exact) mass is 585 g/mol. The second-order valence-corrected chi connectivity index (χ2v) is 14.1. The minimum Gasteiger partial charge on any atom is -0.444 e. The number of nitrogens with one attached hydrogen (secondary N) is 3. The van der Waals surface area contributed by atoms with Crippen molar-refractivity contribution in [1.82, 2.24) is 25.8 Å². The Balaban J connectivity index is 1.78. The van der Waals surface area contributed by atoms with Crippen molar-refractivity contribution in [2.45, 2.75) is 105 Å². The van der Waals surface area contributed by atoms with Crippen LogP contribution in [-0.2, 0) is 30.5 Å². The first-order valence-corrected chi connectivity index (χ1v) is 14.7. The highest BCUT2D eigenvalue weighted by Gasteiger charge is 2.70. The third kappa shape index (κ3) is 7.66. The van der Waals surface area contributed by atoms with Gasteiger partial charge in [0.1, 0.15) is 17.7 Å². The van der Waals surface area contributed by atoms with Gasteiger partial charge in [-0.1, -0.05) is 48.0 Å². The summed E-state index contributed by atoms with van der Waals surface area (Å²) in [6.45, 7) is 17.2. The van der Waals surface area contributed by atoms with E-state index in [2.05, 4.69) is 34.8 Å². The Bertz CT molecular complexity index is 1190. The third-order valence-corrected chi connectivity index (χ3v) is 8.17.